The molecular weight excluding hydrogens is 405 g/mol. The molecule has 1 aliphatic rings. The van der Waals surface area contributed by atoms with Gasteiger partial charge in [0.05, 0.1) is 6.54 Å². The van der Waals surface area contributed by atoms with Crippen molar-refractivity contribution in [2.75, 3.05) is 25.0 Å². The fourth-order valence-corrected chi connectivity index (χ4v) is 4.84. The summed E-state index contributed by atoms with van der Waals surface area (Å²) in [5.41, 5.74) is 2.17. The van der Waals surface area contributed by atoms with E-state index in [9.17, 15) is 17.6 Å². The molecule has 9 heteroatoms. The first kappa shape index (κ1) is 20.7. The van der Waals surface area contributed by atoms with E-state index in [0.29, 0.717) is 11.3 Å². The Labute approximate surface area is 169 Å². The summed E-state index contributed by atoms with van der Waals surface area (Å²) in [5, 5.41) is 2.95. The summed E-state index contributed by atoms with van der Waals surface area (Å²) in [6.45, 7) is 2.17. The highest BCUT2D eigenvalue weighted by Crippen LogP contribution is 2.24. The molecule has 150 valence electrons. The predicted octanol–water partition coefficient (Wildman–Crippen LogP) is 3.04. The van der Waals surface area contributed by atoms with Crippen LogP contribution in [0.25, 0.3) is 0 Å². The van der Waals surface area contributed by atoms with Crippen molar-refractivity contribution in [2.45, 2.75) is 19.9 Å². The molecular formula is C19H21ClFN3O3S. The third-order valence-electron chi connectivity index (χ3n) is 4.61. The molecule has 0 saturated carbocycles. The second-order valence-corrected chi connectivity index (χ2v) is 8.81. The van der Waals surface area contributed by atoms with Crippen molar-refractivity contribution in [1.82, 2.24) is 8.61 Å². The Morgan fingerprint density at radius 1 is 1.14 bits per heavy atom. The zero-order chi connectivity index (χ0) is 20.3. The lowest BCUT2D eigenvalue weighted by Crippen LogP contribution is -2.38. The van der Waals surface area contributed by atoms with Gasteiger partial charge in [0, 0.05) is 30.3 Å². The quantitative estimate of drug-likeness (QED) is 0.773. The molecule has 0 unspecified atom stereocenters. The van der Waals surface area contributed by atoms with Crippen molar-refractivity contribution < 1.29 is 17.6 Å². The maximum Gasteiger partial charge on any atom is 0.282 e. The van der Waals surface area contributed by atoms with Crippen LogP contribution in [-0.2, 0) is 28.0 Å². The molecule has 6 nitrogen and oxygen atoms in total. The Hall–Kier alpha value is -2.00. The second-order valence-electron chi connectivity index (χ2n) is 6.47. The Morgan fingerprint density at radius 2 is 1.86 bits per heavy atom. The molecule has 1 aliphatic heterocycles. The van der Waals surface area contributed by atoms with Gasteiger partial charge in [0.1, 0.15) is 5.82 Å². The highest BCUT2D eigenvalue weighted by Gasteiger charge is 2.37. The monoisotopic (exact) mass is 425 g/mol. The third-order valence-corrected chi connectivity index (χ3v) is 6.89. The van der Waals surface area contributed by atoms with Gasteiger partial charge in [-0.3, -0.25) is 4.79 Å². The van der Waals surface area contributed by atoms with Crippen LogP contribution < -0.4 is 5.32 Å². The van der Waals surface area contributed by atoms with Crippen LogP contribution in [0.4, 0.5) is 10.1 Å². The zero-order valence-electron chi connectivity index (χ0n) is 15.4. The fraction of sp³-hybridized carbons (Fsp3) is 0.316. The van der Waals surface area contributed by atoms with Gasteiger partial charge in [-0.25, -0.2) is 4.39 Å². The van der Waals surface area contributed by atoms with E-state index in [0.717, 1.165) is 22.4 Å². The highest BCUT2D eigenvalue weighted by atomic mass is 35.5. The van der Waals surface area contributed by atoms with Gasteiger partial charge >= 0.3 is 0 Å². The number of para-hydroxylation sites is 1. The SMILES string of the molecule is CCc1ccccc1NC(=O)CN1CCN(Cc2ccc(F)cc2Cl)S1(=O)=O. The molecule has 1 fully saturated rings. The second kappa shape index (κ2) is 8.57. The largest absolute Gasteiger partial charge is 0.325 e. The number of nitrogens with one attached hydrogen (secondary N) is 1. The summed E-state index contributed by atoms with van der Waals surface area (Å²) in [4.78, 5) is 12.4. The Kier molecular flexibility index (Phi) is 6.34. The van der Waals surface area contributed by atoms with Gasteiger partial charge < -0.3 is 5.32 Å². The number of rotatable bonds is 6. The van der Waals surface area contributed by atoms with Crippen molar-refractivity contribution in [2.24, 2.45) is 0 Å². The van der Waals surface area contributed by atoms with E-state index in [2.05, 4.69) is 5.32 Å². The van der Waals surface area contributed by atoms with Crippen molar-refractivity contribution in [3.63, 3.8) is 0 Å². The molecule has 0 bridgehead atoms. The lowest BCUT2D eigenvalue weighted by atomic mass is 10.1. The third kappa shape index (κ3) is 4.52. The smallest absolute Gasteiger partial charge is 0.282 e. The predicted molar refractivity (Wildman–Crippen MR) is 107 cm³/mol. The van der Waals surface area contributed by atoms with E-state index in [1.807, 2.05) is 25.1 Å². The Morgan fingerprint density at radius 3 is 2.57 bits per heavy atom. The number of nitrogens with zero attached hydrogens (tertiary/aromatic N) is 2. The van der Waals surface area contributed by atoms with Crippen LogP contribution >= 0.6 is 11.6 Å². The van der Waals surface area contributed by atoms with E-state index < -0.39 is 21.9 Å². The normalized spacial score (nSPS) is 17.0. The topological polar surface area (TPSA) is 69.7 Å². The average molecular weight is 426 g/mol. The van der Waals surface area contributed by atoms with Crippen LogP contribution in [0, 0.1) is 5.82 Å². The molecule has 0 aromatic heterocycles. The fourth-order valence-electron chi connectivity index (χ4n) is 3.08. The van der Waals surface area contributed by atoms with Gasteiger partial charge in [-0.05, 0) is 35.7 Å². The van der Waals surface area contributed by atoms with E-state index in [-0.39, 0.29) is 31.2 Å². The zero-order valence-corrected chi connectivity index (χ0v) is 16.9. The minimum atomic E-state index is -3.80. The number of hydrogen-bond acceptors (Lipinski definition) is 3. The lowest BCUT2D eigenvalue weighted by Gasteiger charge is -2.19. The van der Waals surface area contributed by atoms with Crippen molar-refractivity contribution in [3.05, 3.63) is 64.4 Å². The molecule has 1 amide bonds. The first-order chi connectivity index (χ1) is 13.3. The van der Waals surface area contributed by atoms with Gasteiger partial charge in [0.25, 0.3) is 10.2 Å². The number of benzene rings is 2. The average Bonchev–Trinajstić information content (AvgIpc) is 2.92. The van der Waals surface area contributed by atoms with E-state index in [1.165, 1.54) is 16.4 Å². The summed E-state index contributed by atoms with van der Waals surface area (Å²) in [6.07, 6.45) is 0.755. The van der Waals surface area contributed by atoms with Crippen LogP contribution in [0.15, 0.2) is 42.5 Å². The minimum Gasteiger partial charge on any atom is -0.325 e. The first-order valence-electron chi connectivity index (χ1n) is 8.88. The number of halogens is 2. The van der Waals surface area contributed by atoms with Gasteiger partial charge in [-0.1, -0.05) is 42.8 Å². The molecule has 2 aromatic carbocycles. The van der Waals surface area contributed by atoms with Crippen LogP contribution in [0.5, 0.6) is 0 Å². The van der Waals surface area contributed by atoms with Crippen LogP contribution in [-0.4, -0.2) is 42.6 Å². The van der Waals surface area contributed by atoms with Crippen LogP contribution in [0.3, 0.4) is 0 Å². The Bertz CT molecular complexity index is 984. The summed E-state index contributed by atoms with van der Waals surface area (Å²) < 4.78 is 41.0. The minimum absolute atomic E-state index is 0.0260. The van der Waals surface area contributed by atoms with Crippen molar-refractivity contribution >= 4 is 33.4 Å². The molecule has 0 radical (unpaired) electrons. The maximum absolute atomic E-state index is 13.2. The van der Waals surface area contributed by atoms with E-state index in [4.69, 9.17) is 11.6 Å². The van der Waals surface area contributed by atoms with E-state index >= 15 is 0 Å². The molecule has 0 spiro atoms. The molecule has 2 aromatic rings. The van der Waals surface area contributed by atoms with Gasteiger partial charge in [0.2, 0.25) is 5.91 Å². The number of carbonyl (C=O) groups excluding carboxylic acids is 1. The molecule has 0 aliphatic carbocycles. The molecule has 1 saturated heterocycles. The molecule has 0 atom stereocenters. The lowest BCUT2D eigenvalue weighted by molar-refractivity contribution is -0.116. The molecule has 1 heterocycles. The number of amides is 1. The van der Waals surface area contributed by atoms with Crippen LogP contribution in [0.2, 0.25) is 5.02 Å². The van der Waals surface area contributed by atoms with Gasteiger partial charge in [0.15, 0.2) is 0 Å². The number of aryl methyl sites for hydroxylation is 1. The van der Waals surface area contributed by atoms with Crippen molar-refractivity contribution in [3.8, 4) is 0 Å². The van der Waals surface area contributed by atoms with Gasteiger partial charge in [-0.15, -0.1) is 0 Å². The standard InChI is InChI=1S/C19H21ClFN3O3S/c1-2-14-5-3-4-6-18(14)22-19(25)13-24-10-9-23(28(24,26)27)12-15-7-8-16(21)11-17(15)20/h3-8,11H,2,9-10,12-13H2,1H3,(H,22,25). The maximum atomic E-state index is 13.2. The number of anilines is 1. The van der Waals surface area contributed by atoms with Crippen LogP contribution in [0.1, 0.15) is 18.1 Å². The summed E-state index contributed by atoms with van der Waals surface area (Å²) >= 11 is 6.00. The summed E-state index contributed by atoms with van der Waals surface area (Å²) in [6, 6.07) is 11.3. The summed E-state index contributed by atoms with van der Waals surface area (Å²) in [5.74, 6) is -0.880. The molecule has 28 heavy (non-hydrogen) atoms. The number of carbonyl (C=O) groups is 1. The van der Waals surface area contributed by atoms with Crippen molar-refractivity contribution in [1.29, 1.82) is 0 Å². The van der Waals surface area contributed by atoms with E-state index in [1.54, 1.807) is 6.07 Å². The first-order valence-corrected chi connectivity index (χ1v) is 10.7. The highest BCUT2D eigenvalue weighted by molar-refractivity contribution is 7.87. The molecule has 3 rings (SSSR count). The van der Waals surface area contributed by atoms with Gasteiger partial charge in [-0.2, -0.15) is 17.0 Å². The Balaban J connectivity index is 1.66. The number of hydrogen-bond donors (Lipinski definition) is 1. The summed E-state index contributed by atoms with van der Waals surface area (Å²) in [7, 11) is -3.80. The molecule has 1 N–H and O–H groups in total.